The van der Waals surface area contributed by atoms with Crippen LogP contribution in [0.3, 0.4) is 0 Å². The molecule has 0 aromatic carbocycles. The number of rotatable bonds is 2. The van der Waals surface area contributed by atoms with Crippen LogP contribution in [-0.4, -0.2) is 21.1 Å². The fourth-order valence-electron chi connectivity index (χ4n) is 0.857. The van der Waals surface area contributed by atoms with Gasteiger partial charge in [-0.1, -0.05) is 17.4 Å². The van der Waals surface area contributed by atoms with E-state index in [0.29, 0.717) is 10.7 Å². The average molecular weight is 228 g/mol. The molecule has 0 aliphatic rings. The molecule has 0 unspecified atom stereocenters. The molecule has 0 saturated heterocycles. The van der Waals surface area contributed by atoms with Gasteiger partial charge >= 0.3 is 29.6 Å². The third-order valence-electron chi connectivity index (χ3n) is 1.45. The van der Waals surface area contributed by atoms with Crippen LogP contribution in [-0.2, 0) is 0 Å². The van der Waals surface area contributed by atoms with E-state index in [1.165, 1.54) is 23.0 Å². The SMILES string of the molecule is [Na+].[O-]C(=Nc1nncs1)c1cccnc1. The van der Waals surface area contributed by atoms with Gasteiger partial charge in [0.15, 0.2) is 0 Å². The molecular weight excluding hydrogens is 223 g/mol. The van der Waals surface area contributed by atoms with Gasteiger partial charge in [-0.25, -0.2) is 4.99 Å². The summed E-state index contributed by atoms with van der Waals surface area (Å²) in [6, 6.07) is 3.34. The number of pyridine rings is 1. The molecule has 0 atom stereocenters. The molecule has 15 heavy (non-hydrogen) atoms. The molecule has 7 heteroatoms. The molecule has 5 nitrogen and oxygen atoms in total. The van der Waals surface area contributed by atoms with Crippen LogP contribution in [0.2, 0.25) is 0 Å². The van der Waals surface area contributed by atoms with Crippen LogP contribution < -0.4 is 34.7 Å². The minimum atomic E-state index is -0.352. The Labute approximate surface area is 112 Å². The number of aromatic nitrogens is 3. The first-order chi connectivity index (χ1) is 6.86. The first-order valence-electron chi connectivity index (χ1n) is 3.78. The van der Waals surface area contributed by atoms with Crippen LogP contribution in [0, 0.1) is 0 Å². The molecule has 0 bridgehead atoms. The van der Waals surface area contributed by atoms with Crippen LogP contribution in [0.25, 0.3) is 0 Å². The van der Waals surface area contributed by atoms with Crippen LogP contribution >= 0.6 is 11.3 Å². The van der Waals surface area contributed by atoms with Crippen molar-refractivity contribution in [2.45, 2.75) is 0 Å². The van der Waals surface area contributed by atoms with E-state index in [1.807, 2.05) is 0 Å². The molecule has 2 heterocycles. The third kappa shape index (κ3) is 3.35. The van der Waals surface area contributed by atoms with E-state index in [9.17, 15) is 5.11 Å². The molecular formula is C8H5N4NaOS. The molecule has 2 aromatic heterocycles. The predicted molar refractivity (Wildman–Crippen MR) is 50.3 cm³/mol. The normalized spacial score (nSPS) is 10.8. The van der Waals surface area contributed by atoms with Crippen molar-refractivity contribution in [1.82, 2.24) is 15.2 Å². The van der Waals surface area contributed by atoms with Crippen LogP contribution in [0.4, 0.5) is 5.13 Å². The van der Waals surface area contributed by atoms with E-state index in [2.05, 4.69) is 20.2 Å². The Morgan fingerprint density at radius 1 is 1.47 bits per heavy atom. The van der Waals surface area contributed by atoms with Crippen molar-refractivity contribution in [3.8, 4) is 0 Å². The van der Waals surface area contributed by atoms with Gasteiger partial charge < -0.3 is 5.11 Å². The van der Waals surface area contributed by atoms with E-state index in [0.717, 1.165) is 0 Å². The van der Waals surface area contributed by atoms with Gasteiger partial charge in [0.2, 0.25) is 5.13 Å². The van der Waals surface area contributed by atoms with Gasteiger partial charge in [-0.15, -0.1) is 10.2 Å². The quantitative estimate of drug-likeness (QED) is 0.320. The zero-order valence-corrected chi connectivity index (χ0v) is 10.8. The summed E-state index contributed by atoms with van der Waals surface area (Å²) in [6.45, 7) is 0. The Morgan fingerprint density at radius 2 is 2.33 bits per heavy atom. The molecule has 2 aromatic rings. The summed E-state index contributed by atoms with van der Waals surface area (Å²) < 4.78 is 0. The van der Waals surface area contributed by atoms with Crippen molar-refractivity contribution in [2.75, 3.05) is 0 Å². The van der Waals surface area contributed by atoms with E-state index >= 15 is 0 Å². The first kappa shape index (κ1) is 12.3. The average Bonchev–Trinajstić information content (AvgIpc) is 2.72. The van der Waals surface area contributed by atoms with Crippen molar-refractivity contribution >= 4 is 22.4 Å². The van der Waals surface area contributed by atoms with Crippen molar-refractivity contribution in [3.05, 3.63) is 35.6 Å². The van der Waals surface area contributed by atoms with E-state index < -0.39 is 0 Å². The number of aliphatic imine (C=N–C) groups is 1. The molecule has 0 radical (unpaired) electrons. The standard InChI is InChI=1S/C8H6N4OS.Na/c13-7(6-2-1-3-9-4-6)11-8-12-10-5-14-8;/h1-5H,(H,11,12,13);/q;+1/p-1. The molecule has 0 saturated carbocycles. The van der Waals surface area contributed by atoms with Gasteiger partial charge in [-0.2, -0.15) is 0 Å². The summed E-state index contributed by atoms with van der Waals surface area (Å²) in [6.07, 6.45) is 3.06. The maximum Gasteiger partial charge on any atom is 1.00 e. The summed E-state index contributed by atoms with van der Waals surface area (Å²) in [7, 11) is 0. The van der Waals surface area contributed by atoms with Crippen molar-refractivity contribution in [2.24, 2.45) is 4.99 Å². The van der Waals surface area contributed by atoms with Gasteiger partial charge in [-0.3, -0.25) is 4.98 Å². The summed E-state index contributed by atoms with van der Waals surface area (Å²) >= 11 is 1.22. The van der Waals surface area contributed by atoms with Crippen LogP contribution in [0.5, 0.6) is 0 Å². The van der Waals surface area contributed by atoms with Crippen molar-refractivity contribution in [3.63, 3.8) is 0 Å². The minimum absolute atomic E-state index is 0. The Kier molecular flexibility index (Phi) is 4.83. The molecule has 0 aliphatic heterocycles. The second-order valence-electron chi connectivity index (χ2n) is 2.38. The fraction of sp³-hybridized carbons (Fsp3) is 0. The minimum Gasteiger partial charge on any atom is -0.858 e. The topological polar surface area (TPSA) is 74.1 Å². The zero-order chi connectivity index (χ0) is 9.80. The van der Waals surface area contributed by atoms with Crippen molar-refractivity contribution < 1.29 is 34.7 Å². The third-order valence-corrected chi connectivity index (χ3v) is 2.04. The Balaban J connectivity index is 0.00000112. The molecule has 0 spiro atoms. The fourth-order valence-corrected chi connectivity index (χ4v) is 1.28. The molecule has 70 valence electrons. The summed E-state index contributed by atoms with van der Waals surface area (Å²) in [5.74, 6) is -0.352. The first-order valence-corrected chi connectivity index (χ1v) is 4.66. The van der Waals surface area contributed by atoms with Gasteiger partial charge in [0, 0.05) is 18.0 Å². The molecule has 0 fully saturated rings. The zero-order valence-electron chi connectivity index (χ0n) is 7.99. The number of hydrogen-bond acceptors (Lipinski definition) is 6. The van der Waals surface area contributed by atoms with Crippen LogP contribution in [0.15, 0.2) is 35.0 Å². The second-order valence-corrected chi connectivity index (χ2v) is 3.19. The Bertz CT molecular complexity index is 431. The molecule has 0 aliphatic carbocycles. The predicted octanol–water partition coefficient (Wildman–Crippen LogP) is -2.62. The van der Waals surface area contributed by atoms with Gasteiger partial charge in [0.05, 0.1) is 0 Å². The summed E-state index contributed by atoms with van der Waals surface area (Å²) in [4.78, 5) is 7.58. The van der Waals surface area contributed by atoms with E-state index in [-0.39, 0.29) is 35.5 Å². The van der Waals surface area contributed by atoms with E-state index in [1.54, 1.807) is 18.3 Å². The van der Waals surface area contributed by atoms with Gasteiger partial charge in [0.25, 0.3) is 0 Å². The molecule has 2 rings (SSSR count). The summed E-state index contributed by atoms with van der Waals surface area (Å²) in [5, 5.41) is 19.0. The van der Waals surface area contributed by atoms with Gasteiger partial charge in [0.1, 0.15) is 5.51 Å². The van der Waals surface area contributed by atoms with E-state index in [4.69, 9.17) is 0 Å². The summed E-state index contributed by atoms with van der Waals surface area (Å²) in [5.41, 5.74) is 1.97. The Morgan fingerprint density at radius 3 is 2.93 bits per heavy atom. The van der Waals surface area contributed by atoms with Crippen molar-refractivity contribution in [1.29, 1.82) is 0 Å². The van der Waals surface area contributed by atoms with Gasteiger partial charge in [-0.05, 0) is 12.0 Å². The maximum absolute atomic E-state index is 11.4. The van der Waals surface area contributed by atoms with Crippen LogP contribution in [0.1, 0.15) is 5.56 Å². The monoisotopic (exact) mass is 228 g/mol. The number of hydrogen-bond donors (Lipinski definition) is 0. The smallest absolute Gasteiger partial charge is 0.858 e. The second kappa shape index (κ2) is 5.92. The maximum atomic E-state index is 11.4. The number of nitrogens with zero attached hydrogens (tertiary/aromatic N) is 4. The Hall–Kier alpha value is -0.820. The largest absolute Gasteiger partial charge is 1.00 e. The molecule has 0 amide bonds. The molecule has 0 N–H and O–H groups in total.